The van der Waals surface area contributed by atoms with Gasteiger partial charge in [-0.15, -0.1) is 0 Å². The SMILES string of the molecule is CCCCCCCCC[C@@H](C)CCC. The van der Waals surface area contributed by atoms with Crippen molar-refractivity contribution >= 4 is 0 Å². The van der Waals surface area contributed by atoms with Crippen LogP contribution in [0.3, 0.4) is 0 Å². The van der Waals surface area contributed by atoms with Gasteiger partial charge in [0.1, 0.15) is 0 Å². The molecule has 0 saturated heterocycles. The third-order valence-electron chi connectivity index (χ3n) is 3.08. The molecule has 0 aliphatic carbocycles. The Balaban J connectivity index is 2.98. The van der Waals surface area contributed by atoms with Crippen molar-refractivity contribution in [1.29, 1.82) is 0 Å². The van der Waals surface area contributed by atoms with Gasteiger partial charge in [-0.05, 0) is 5.92 Å². The molecule has 0 saturated carbocycles. The first-order valence-electron chi connectivity index (χ1n) is 6.81. The van der Waals surface area contributed by atoms with Crippen LogP contribution in [0, 0.1) is 5.92 Å². The highest BCUT2D eigenvalue weighted by molar-refractivity contribution is 4.53. The minimum atomic E-state index is 0.968. The fraction of sp³-hybridized carbons (Fsp3) is 1.00. The van der Waals surface area contributed by atoms with Crippen molar-refractivity contribution in [3.05, 3.63) is 0 Å². The van der Waals surface area contributed by atoms with Crippen molar-refractivity contribution in [2.24, 2.45) is 5.92 Å². The van der Waals surface area contributed by atoms with E-state index < -0.39 is 0 Å². The Morgan fingerprint density at radius 1 is 0.643 bits per heavy atom. The summed E-state index contributed by atoms with van der Waals surface area (Å²) < 4.78 is 0. The Morgan fingerprint density at radius 2 is 1.21 bits per heavy atom. The molecule has 0 N–H and O–H groups in total. The molecule has 0 aromatic carbocycles. The third kappa shape index (κ3) is 10.1. The van der Waals surface area contributed by atoms with Gasteiger partial charge in [-0.3, -0.25) is 0 Å². The van der Waals surface area contributed by atoms with E-state index in [0.717, 1.165) is 5.92 Å². The third-order valence-corrected chi connectivity index (χ3v) is 3.08. The molecule has 0 amide bonds. The summed E-state index contributed by atoms with van der Waals surface area (Å²) in [5.74, 6) is 0.968. The maximum Gasteiger partial charge on any atom is -0.0443 e. The summed E-state index contributed by atoms with van der Waals surface area (Å²) in [5.41, 5.74) is 0. The fourth-order valence-corrected chi connectivity index (χ4v) is 2.09. The second-order valence-corrected chi connectivity index (χ2v) is 4.80. The van der Waals surface area contributed by atoms with Crippen molar-refractivity contribution in [1.82, 2.24) is 0 Å². The van der Waals surface area contributed by atoms with Gasteiger partial charge < -0.3 is 0 Å². The van der Waals surface area contributed by atoms with E-state index in [0.29, 0.717) is 0 Å². The molecule has 0 aliphatic heterocycles. The van der Waals surface area contributed by atoms with Crippen LogP contribution in [0.1, 0.15) is 85.0 Å². The molecule has 0 aromatic rings. The lowest BCUT2D eigenvalue weighted by molar-refractivity contribution is 0.451. The summed E-state index contributed by atoms with van der Waals surface area (Å²) in [6.45, 7) is 6.98. The molecular formula is C14H30. The molecular weight excluding hydrogens is 168 g/mol. The van der Waals surface area contributed by atoms with Crippen LogP contribution in [0.5, 0.6) is 0 Å². The number of hydrogen-bond acceptors (Lipinski definition) is 0. The van der Waals surface area contributed by atoms with E-state index in [1.807, 2.05) is 0 Å². The molecule has 0 nitrogen and oxygen atoms in total. The predicted molar refractivity (Wildman–Crippen MR) is 66.7 cm³/mol. The summed E-state index contributed by atoms with van der Waals surface area (Å²) >= 11 is 0. The van der Waals surface area contributed by atoms with Crippen LogP contribution in [-0.2, 0) is 0 Å². The Labute approximate surface area is 91.5 Å². The van der Waals surface area contributed by atoms with Crippen LogP contribution < -0.4 is 0 Å². The number of hydrogen-bond donors (Lipinski definition) is 0. The molecule has 0 unspecified atom stereocenters. The zero-order valence-corrected chi connectivity index (χ0v) is 10.6. The van der Waals surface area contributed by atoms with Crippen molar-refractivity contribution in [2.45, 2.75) is 85.0 Å². The average molecular weight is 198 g/mol. The predicted octanol–water partition coefficient (Wildman–Crippen LogP) is 5.56. The van der Waals surface area contributed by atoms with Gasteiger partial charge in [0.2, 0.25) is 0 Å². The summed E-state index contributed by atoms with van der Waals surface area (Å²) in [7, 11) is 0. The fourth-order valence-electron chi connectivity index (χ4n) is 2.09. The number of unbranched alkanes of at least 4 members (excludes halogenated alkanes) is 6. The molecule has 0 fully saturated rings. The smallest absolute Gasteiger partial charge is 0.0443 e. The lowest BCUT2D eigenvalue weighted by Crippen LogP contribution is -1.93. The number of rotatable bonds is 10. The Hall–Kier alpha value is 0. The molecule has 0 radical (unpaired) electrons. The van der Waals surface area contributed by atoms with Gasteiger partial charge in [0.25, 0.3) is 0 Å². The zero-order chi connectivity index (χ0) is 10.6. The van der Waals surface area contributed by atoms with E-state index in [1.165, 1.54) is 64.2 Å². The molecule has 86 valence electrons. The van der Waals surface area contributed by atoms with Gasteiger partial charge in [0.05, 0.1) is 0 Å². The van der Waals surface area contributed by atoms with E-state index >= 15 is 0 Å². The van der Waals surface area contributed by atoms with Crippen LogP contribution in [0.25, 0.3) is 0 Å². The Bertz CT molecular complexity index is 96.2. The lowest BCUT2D eigenvalue weighted by atomic mass is 9.98. The highest BCUT2D eigenvalue weighted by Crippen LogP contribution is 2.15. The van der Waals surface area contributed by atoms with Gasteiger partial charge in [-0.25, -0.2) is 0 Å². The van der Waals surface area contributed by atoms with Gasteiger partial charge in [0.15, 0.2) is 0 Å². The Kier molecular flexibility index (Phi) is 11.1. The van der Waals surface area contributed by atoms with Crippen LogP contribution in [0.4, 0.5) is 0 Å². The molecule has 0 bridgehead atoms. The molecule has 0 heterocycles. The van der Waals surface area contributed by atoms with Crippen molar-refractivity contribution < 1.29 is 0 Å². The van der Waals surface area contributed by atoms with E-state index in [2.05, 4.69) is 20.8 Å². The van der Waals surface area contributed by atoms with Crippen LogP contribution >= 0.6 is 0 Å². The first kappa shape index (κ1) is 14.0. The summed E-state index contributed by atoms with van der Waals surface area (Å²) in [5, 5.41) is 0. The van der Waals surface area contributed by atoms with E-state index in [9.17, 15) is 0 Å². The van der Waals surface area contributed by atoms with Gasteiger partial charge >= 0.3 is 0 Å². The molecule has 0 aliphatic rings. The molecule has 0 rings (SSSR count). The molecule has 1 atom stereocenters. The maximum atomic E-state index is 2.40. The summed E-state index contributed by atoms with van der Waals surface area (Å²) in [6.07, 6.45) is 14.4. The van der Waals surface area contributed by atoms with Gasteiger partial charge in [-0.2, -0.15) is 0 Å². The second kappa shape index (κ2) is 11.1. The first-order valence-corrected chi connectivity index (χ1v) is 6.81. The van der Waals surface area contributed by atoms with Crippen molar-refractivity contribution in [3.63, 3.8) is 0 Å². The van der Waals surface area contributed by atoms with Gasteiger partial charge in [-0.1, -0.05) is 85.0 Å². The van der Waals surface area contributed by atoms with E-state index in [1.54, 1.807) is 0 Å². The van der Waals surface area contributed by atoms with Crippen LogP contribution in [-0.4, -0.2) is 0 Å². The second-order valence-electron chi connectivity index (χ2n) is 4.80. The normalized spacial score (nSPS) is 13.1. The molecule has 0 heteroatoms. The largest absolute Gasteiger partial charge is 0.0654 e. The first-order chi connectivity index (χ1) is 6.81. The standard InChI is InChI=1S/C14H30/c1-4-6-7-8-9-10-11-13-14(3)12-5-2/h14H,4-13H2,1-3H3/t14-/m0/s1. The van der Waals surface area contributed by atoms with E-state index in [-0.39, 0.29) is 0 Å². The van der Waals surface area contributed by atoms with Crippen molar-refractivity contribution in [3.8, 4) is 0 Å². The van der Waals surface area contributed by atoms with Gasteiger partial charge in [0, 0.05) is 0 Å². The maximum absolute atomic E-state index is 2.40. The molecule has 0 spiro atoms. The Morgan fingerprint density at radius 3 is 1.79 bits per heavy atom. The lowest BCUT2D eigenvalue weighted by Gasteiger charge is -2.08. The monoisotopic (exact) mass is 198 g/mol. The molecule has 14 heavy (non-hydrogen) atoms. The minimum Gasteiger partial charge on any atom is -0.0654 e. The zero-order valence-electron chi connectivity index (χ0n) is 10.6. The van der Waals surface area contributed by atoms with Crippen LogP contribution in [0.15, 0.2) is 0 Å². The average Bonchev–Trinajstić information content (AvgIpc) is 2.17. The molecule has 0 aromatic heterocycles. The van der Waals surface area contributed by atoms with E-state index in [4.69, 9.17) is 0 Å². The summed E-state index contributed by atoms with van der Waals surface area (Å²) in [4.78, 5) is 0. The summed E-state index contributed by atoms with van der Waals surface area (Å²) in [6, 6.07) is 0. The van der Waals surface area contributed by atoms with Crippen molar-refractivity contribution in [2.75, 3.05) is 0 Å². The topological polar surface area (TPSA) is 0 Å². The highest BCUT2D eigenvalue weighted by Gasteiger charge is 1.99. The minimum absolute atomic E-state index is 0.968. The van der Waals surface area contributed by atoms with Crippen LogP contribution in [0.2, 0.25) is 0 Å². The highest BCUT2D eigenvalue weighted by atomic mass is 14.1. The quantitative estimate of drug-likeness (QED) is 0.403.